The fourth-order valence-electron chi connectivity index (χ4n) is 2.45. The number of carbonyl (C=O) groups is 1. The standard InChI is InChI=1S/C20H17Cl3N4O2S/c1-2-10-27-17(11-29-14-8-6-13(21)7-9-14)25-26-20(27)30-12-18(28)24-19-15(22)4-3-5-16(19)23/h2-9H,1,10-12H2,(H,24,28). The summed E-state index contributed by atoms with van der Waals surface area (Å²) in [6, 6.07) is 12.1. The van der Waals surface area contributed by atoms with Crippen LogP contribution < -0.4 is 10.1 Å². The summed E-state index contributed by atoms with van der Waals surface area (Å²) in [6.45, 7) is 4.46. The summed E-state index contributed by atoms with van der Waals surface area (Å²) >= 11 is 19.3. The lowest BCUT2D eigenvalue weighted by Crippen LogP contribution is -2.15. The van der Waals surface area contributed by atoms with Crippen LogP contribution in [0.15, 0.2) is 60.3 Å². The molecule has 2 aromatic carbocycles. The van der Waals surface area contributed by atoms with E-state index < -0.39 is 0 Å². The zero-order valence-electron chi connectivity index (χ0n) is 15.6. The Hall–Kier alpha value is -2.19. The minimum atomic E-state index is -0.262. The van der Waals surface area contributed by atoms with Gasteiger partial charge in [-0.1, -0.05) is 58.7 Å². The van der Waals surface area contributed by atoms with E-state index in [1.165, 1.54) is 11.8 Å². The summed E-state index contributed by atoms with van der Waals surface area (Å²) in [7, 11) is 0. The molecule has 6 nitrogen and oxygen atoms in total. The van der Waals surface area contributed by atoms with Gasteiger partial charge in [0.05, 0.1) is 21.5 Å². The topological polar surface area (TPSA) is 69.0 Å². The van der Waals surface area contributed by atoms with Crippen molar-refractivity contribution in [2.45, 2.75) is 18.3 Å². The van der Waals surface area contributed by atoms with Crippen molar-refractivity contribution in [2.75, 3.05) is 11.1 Å². The summed E-state index contributed by atoms with van der Waals surface area (Å²) in [5, 5.41) is 13.0. The largest absolute Gasteiger partial charge is 0.486 e. The summed E-state index contributed by atoms with van der Waals surface area (Å²) in [4.78, 5) is 12.3. The molecule has 0 aliphatic heterocycles. The Labute approximate surface area is 193 Å². The average molecular weight is 484 g/mol. The van der Waals surface area contributed by atoms with Crippen LogP contribution in [-0.2, 0) is 17.9 Å². The highest BCUT2D eigenvalue weighted by molar-refractivity contribution is 7.99. The quantitative estimate of drug-likeness (QED) is 0.311. The number of benzene rings is 2. The van der Waals surface area contributed by atoms with Gasteiger partial charge in [0, 0.05) is 11.6 Å². The number of thioether (sulfide) groups is 1. The van der Waals surface area contributed by atoms with Gasteiger partial charge in [-0.25, -0.2) is 0 Å². The number of ether oxygens (including phenoxy) is 1. The van der Waals surface area contributed by atoms with E-state index in [4.69, 9.17) is 39.5 Å². The monoisotopic (exact) mass is 482 g/mol. The number of para-hydroxylation sites is 1. The van der Waals surface area contributed by atoms with Crippen molar-refractivity contribution in [3.05, 3.63) is 76.0 Å². The van der Waals surface area contributed by atoms with Crippen molar-refractivity contribution >= 4 is 58.2 Å². The number of aromatic nitrogens is 3. The number of hydrogen-bond acceptors (Lipinski definition) is 5. The van der Waals surface area contributed by atoms with Gasteiger partial charge in [-0.2, -0.15) is 0 Å². The molecule has 0 atom stereocenters. The fourth-order valence-corrected chi connectivity index (χ4v) is 3.83. The molecule has 3 rings (SSSR count). The van der Waals surface area contributed by atoms with Gasteiger partial charge in [-0.15, -0.1) is 16.8 Å². The van der Waals surface area contributed by atoms with Gasteiger partial charge >= 0.3 is 0 Å². The van der Waals surface area contributed by atoms with Crippen LogP contribution in [-0.4, -0.2) is 26.4 Å². The molecule has 1 amide bonds. The smallest absolute Gasteiger partial charge is 0.234 e. The molecule has 0 aliphatic rings. The average Bonchev–Trinajstić information content (AvgIpc) is 3.11. The maximum absolute atomic E-state index is 12.3. The molecular formula is C20H17Cl3N4O2S. The van der Waals surface area contributed by atoms with E-state index >= 15 is 0 Å². The van der Waals surface area contributed by atoms with Crippen LogP contribution in [0.2, 0.25) is 15.1 Å². The summed E-state index contributed by atoms with van der Waals surface area (Å²) < 4.78 is 7.58. The second kappa shape index (κ2) is 10.7. The molecule has 0 unspecified atom stereocenters. The molecule has 0 bridgehead atoms. The number of halogens is 3. The van der Waals surface area contributed by atoms with Crippen LogP contribution in [0.25, 0.3) is 0 Å². The molecule has 0 aliphatic carbocycles. The van der Waals surface area contributed by atoms with Gasteiger partial charge in [-0.3, -0.25) is 9.36 Å². The molecule has 1 N–H and O–H groups in total. The zero-order valence-corrected chi connectivity index (χ0v) is 18.7. The molecule has 156 valence electrons. The van der Waals surface area contributed by atoms with Gasteiger partial charge in [0.2, 0.25) is 5.91 Å². The van der Waals surface area contributed by atoms with Crippen molar-refractivity contribution in [3.8, 4) is 5.75 Å². The molecule has 1 aromatic heterocycles. The van der Waals surface area contributed by atoms with Gasteiger partial charge in [0.25, 0.3) is 0 Å². The van der Waals surface area contributed by atoms with Crippen molar-refractivity contribution in [1.82, 2.24) is 14.8 Å². The van der Waals surface area contributed by atoms with Gasteiger partial charge in [0.15, 0.2) is 11.0 Å². The molecule has 0 spiro atoms. The van der Waals surface area contributed by atoms with Crippen LogP contribution in [0, 0.1) is 0 Å². The third-order valence-corrected chi connectivity index (χ3v) is 5.69. The lowest BCUT2D eigenvalue weighted by molar-refractivity contribution is -0.113. The second-order valence-corrected chi connectivity index (χ2v) is 8.17. The van der Waals surface area contributed by atoms with Crippen molar-refractivity contribution in [1.29, 1.82) is 0 Å². The predicted octanol–water partition coefficient (Wildman–Crippen LogP) is 5.73. The maximum Gasteiger partial charge on any atom is 0.234 e. The fraction of sp³-hybridized carbons (Fsp3) is 0.150. The molecule has 30 heavy (non-hydrogen) atoms. The lowest BCUT2D eigenvalue weighted by Gasteiger charge is -2.10. The van der Waals surface area contributed by atoms with Crippen molar-refractivity contribution < 1.29 is 9.53 Å². The van der Waals surface area contributed by atoms with Crippen LogP contribution in [0.4, 0.5) is 5.69 Å². The zero-order chi connectivity index (χ0) is 21.5. The Morgan fingerprint density at radius 3 is 2.50 bits per heavy atom. The second-order valence-electron chi connectivity index (χ2n) is 5.97. The van der Waals surface area contributed by atoms with Gasteiger partial charge < -0.3 is 10.1 Å². The number of anilines is 1. The Kier molecular flexibility index (Phi) is 8.04. The van der Waals surface area contributed by atoms with Gasteiger partial charge in [0.1, 0.15) is 12.4 Å². The first kappa shape index (κ1) is 22.5. The number of nitrogens with one attached hydrogen (secondary N) is 1. The van der Waals surface area contributed by atoms with E-state index in [1.807, 2.05) is 4.57 Å². The van der Waals surface area contributed by atoms with E-state index in [0.717, 1.165) is 0 Å². The van der Waals surface area contributed by atoms with E-state index in [9.17, 15) is 4.79 Å². The molecule has 0 radical (unpaired) electrons. The highest BCUT2D eigenvalue weighted by atomic mass is 35.5. The van der Waals surface area contributed by atoms with Gasteiger partial charge in [-0.05, 0) is 36.4 Å². The molecule has 0 saturated heterocycles. The molecular weight excluding hydrogens is 467 g/mol. The third-order valence-electron chi connectivity index (χ3n) is 3.85. The number of allylic oxidation sites excluding steroid dienone is 1. The molecule has 0 saturated carbocycles. The lowest BCUT2D eigenvalue weighted by atomic mass is 10.3. The number of hydrogen-bond donors (Lipinski definition) is 1. The highest BCUT2D eigenvalue weighted by Gasteiger charge is 2.15. The van der Waals surface area contributed by atoms with Crippen LogP contribution >= 0.6 is 46.6 Å². The maximum atomic E-state index is 12.3. The van der Waals surface area contributed by atoms with E-state index in [1.54, 1.807) is 48.5 Å². The van der Waals surface area contributed by atoms with Crippen molar-refractivity contribution in [2.24, 2.45) is 0 Å². The first-order valence-electron chi connectivity index (χ1n) is 8.76. The third kappa shape index (κ3) is 5.92. The Morgan fingerprint density at radius 1 is 1.13 bits per heavy atom. The summed E-state index contributed by atoms with van der Waals surface area (Å²) in [5.74, 6) is 1.12. The Morgan fingerprint density at radius 2 is 1.83 bits per heavy atom. The minimum absolute atomic E-state index is 0.106. The number of amides is 1. The van der Waals surface area contributed by atoms with Crippen LogP contribution in [0.3, 0.4) is 0 Å². The minimum Gasteiger partial charge on any atom is -0.486 e. The molecule has 0 fully saturated rings. The highest BCUT2D eigenvalue weighted by Crippen LogP contribution is 2.30. The summed E-state index contributed by atoms with van der Waals surface area (Å²) in [6.07, 6.45) is 1.72. The Balaban J connectivity index is 1.63. The number of nitrogens with zero attached hydrogens (tertiary/aromatic N) is 3. The van der Waals surface area contributed by atoms with Crippen molar-refractivity contribution in [3.63, 3.8) is 0 Å². The normalized spacial score (nSPS) is 10.6. The molecule has 10 heteroatoms. The number of carbonyl (C=O) groups excluding carboxylic acids is 1. The summed E-state index contributed by atoms with van der Waals surface area (Å²) in [5.41, 5.74) is 0.385. The molecule has 3 aromatic rings. The van der Waals surface area contributed by atoms with E-state index in [0.29, 0.717) is 44.0 Å². The predicted molar refractivity (Wildman–Crippen MR) is 122 cm³/mol. The Bertz CT molecular complexity index is 1020. The SMILES string of the molecule is C=CCn1c(COc2ccc(Cl)cc2)nnc1SCC(=O)Nc1c(Cl)cccc1Cl. The van der Waals surface area contributed by atoms with E-state index in [-0.39, 0.29) is 18.3 Å². The van der Waals surface area contributed by atoms with Crippen LogP contribution in [0.1, 0.15) is 5.82 Å². The number of rotatable bonds is 9. The first-order chi connectivity index (χ1) is 14.5. The molecule has 1 heterocycles. The van der Waals surface area contributed by atoms with E-state index in [2.05, 4.69) is 22.1 Å². The van der Waals surface area contributed by atoms with Crippen LogP contribution in [0.5, 0.6) is 5.75 Å². The first-order valence-corrected chi connectivity index (χ1v) is 10.9.